The molecule has 0 aliphatic carbocycles. The summed E-state index contributed by atoms with van der Waals surface area (Å²) in [4.78, 5) is 23.9. The van der Waals surface area contributed by atoms with E-state index in [1.807, 2.05) is 11.9 Å². The largest absolute Gasteiger partial charge is 0.349 e. The van der Waals surface area contributed by atoms with E-state index < -0.39 is 0 Å². The van der Waals surface area contributed by atoms with Crippen LogP contribution in [0.3, 0.4) is 0 Å². The average molecular weight is 250 g/mol. The number of aromatic nitrogens is 2. The molecule has 1 aliphatic heterocycles. The van der Waals surface area contributed by atoms with Crippen LogP contribution in [0.25, 0.3) is 0 Å². The Bertz CT molecular complexity index is 418. The summed E-state index contributed by atoms with van der Waals surface area (Å²) in [6, 6.07) is 0. The molecule has 0 spiro atoms. The first-order valence-electron chi connectivity index (χ1n) is 5.98. The standard InChI is InChI=1S/C11H18N6O/c1-16(8-11(18)17-4-2-3-5-17)10-7-13-6-9(14-10)15-12/h6-7H,2-5,8,12H2,1H3,(H,14,15). The molecule has 3 N–H and O–H groups in total. The summed E-state index contributed by atoms with van der Waals surface area (Å²) < 4.78 is 0. The van der Waals surface area contributed by atoms with E-state index in [4.69, 9.17) is 5.84 Å². The lowest BCUT2D eigenvalue weighted by molar-refractivity contribution is -0.128. The molecule has 0 atom stereocenters. The molecule has 2 heterocycles. The second-order valence-corrected chi connectivity index (χ2v) is 4.35. The van der Waals surface area contributed by atoms with E-state index in [1.165, 1.54) is 6.20 Å². The third-order valence-corrected chi connectivity index (χ3v) is 2.99. The first-order valence-corrected chi connectivity index (χ1v) is 5.98. The van der Waals surface area contributed by atoms with Gasteiger partial charge in [0, 0.05) is 20.1 Å². The van der Waals surface area contributed by atoms with Crippen LogP contribution in [0.4, 0.5) is 11.6 Å². The Balaban J connectivity index is 1.97. The minimum Gasteiger partial charge on any atom is -0.349 e. The van der Waals surface area contributed by atoms with Crippen molar-refractivity contribution in [3.63, 3.8) is 0 Å². The van der Waals surface area contributed by atoms with Gasteiger partial charge in [-0.2, -0.15) is 0 Å². The lowest BCUT2D eigenvalue weighted by atomic mass is 10.4. The molecule has 0 unspecified atom stereocenters. The quantitative estimate of drug-likeness (QED) is 0.569. The van der Waals surface area contributed by atoms with Gasteiger partial charge in [0.25, 0.3) is 0 Å². The highest BCUT2D eigenvalue weighted by molar-refractivity contribution is 5.81. The van der Waals surface area contributed by atoms with Crippen molar-refractivity contribution in [1.82, 2.24) is 14.9 Å². The maximum Gasteiger partial charge on any atom is 0.242 e. The van der Waals surface area contributed by atoms with Gasteiger partial charge in [-0.1, -0.05) is 0 Å². The number of anilines is 2. The van der Waals surface area contributed by atoms with Gasteiger partial charge in [0.05, 0.1) is 18.9 Å². The number of rotatable bonds is 4. The highest BCUT2D eigenvalue weighted by Crippen LogP contribution is 2.12. The molecule has 1 aromatic heterocycles. The van der Waals surface area contributed by atoms with Gasteiger partial charge in [-0.05, 0) is 12.8 Å². The lowest BCUT2D eigenvalue weighted by Crippen LogP contribution is -2.37. The monoisotopic (exact) mass is 250 g/mol. The van der Waals surface area contributed by atoms with Crippen molar-refractivity contribution in [2.24, 2.45) is 5.84 Å². The Kier molecular flexibility index (Phi) is 3.93. The van der Waals surface area contributed by atoms with Crippen molar-refractivity contribution in [2.75, 3.05) is 37.0 Å². The topological polar surface area (TPSA) is 87.4 Å². The van der Waals surface area contributed by atoms with Gasteiger partial charge >= 0.3 is 0 Å². The van der Waals surface area contributed by atoms with Gasteiger partial charge in [-0.3, -0.25) is 9.78 Å². The number of nitrogens with two attached hydrogens (primary N) is 1. The van der Waals surface area contributed by atoms with Gasteiger partial charge in [-0.15, -0.1) is 0 Å². The molecule has 1 fully saturated rings. The molecule has 1 saturated heterocycles. The third kappa shape index (κ3) is 2.86. The number of hydrogen-bond donors (Lipinski definition) is 2. The van der Waals surface area contributed by atoms with E-state index in [0.717, 1.165) is 25.9 Å². The number of carbonyl (C=O) groups excluding carboxylic acids is 1. The van der Waals surface area contributed by atoms with Crippen LogP contribution >= 0.6 is 0 Å². The summed E-state index contributed by atoms with van der Waals surface area (Å²) in [5.41, 5.74) is 2.44. The van der Waals surface area contributed by atoms with Gasteiger partial charge in [0.2, 0.25) is 5.91 Å². The van der Waals surface area contributed by atoms with Crippen molar-refractivity contribution in [3.05, 3.63) is 12.4 Å². The molecular weight excluding hydrogens is 232 g/mol. The Morgan fingerprint density at radius 1 is 1.50 bits per heavy atom. The smallest absolute Gasteiger partial charge is 0.242 e. The number of hydrogen-bond acceptors (Lipinski definition) is 6. The van der Waals surface area contributed by atoms with E-state index in [1.54, 1.807) is 11.1 Å². The zero-order valence-electron chi connectivity index (χ0n) is 10.5. The number of likely N-dealkylation sites (N-methyl/N-ethyl adjacent to an activating group) is 1. The molecule has 1 amide bonds. The molecule has 1 aliphatic rings. The number of nitrogen functional groups attached to an aromatic ring is 1. The maximum absolute atomic E-state index is 12.0. The number of amides is 1. The van der Waals surface area contributed by atoms with Gasteiger partial charge in [0.15, 0.2) is 5.82 Å². The summed E-state index contributed by atoms with van der Waals surface area (Å²) in [5, 5.41) is 0. The van der Waals surface area contributed by atoms with Crippen LogP contribution in [0.2, 0.25) is 0 Å². The van der Waals surface area contributed by atoms with Gasteiger partial charge in [-0.25, -0.2) is 10.8 Å². The van der Waals surface area contributed by atoms with Crippen LogP contribution in [0.5, 0.6) is 0 Å². The molecule has 0 saturated carbocycles. The molecule has 7 heteroatoms. The molecule has 98 valence electrons. The number of likely N-dealkylation sites (tertiary alicyclic amines) is 1. The fraction of sp³-hybridized carbons (Fsp3) is 0.545. The minimum absolute atomic E-state index is 0.128. The SMILES string of the molecule is CN(CC(=O)N1CCCC1)c1cncc(NN)n1. The van der Waals surface area contributed by atoms with Crippen molar-refractivity contribution in [2.45, 2.75) is 12.8 Å². The van der Waals surface area contributed by atoms with E-state index in [2.05, 4.69) is 15.4 Å². The summed E-state index contributed by atoms with van der Waals surface area (Å²) in [7, 11) is 1.82. The second-order valence-electron chi connectivity index (χ2n) is 4.35. The van der Waals surface area contributed by atoms with Crippen molar-refractivity contribution < 1.29 is 4.79 Å². The fourth-order valence-electron chi connectivity index (χ4n) is 1.96. The van der Waals surface area contributed by atoms with Crippen molar-refractivity contribution >= 4 is 17.5 Å². The third-order valence-electron chi connectivity index (χ3n) is 2.99. The zero-order valence-corrected chi connectivity index (χ0v) is 10.5. The fourth-order valence-corrected chi connectivity index (χ4v) is 1.96. The first kappa shape index (κ1) is 12.6. The Hall–Kier alpha value is -1.89. The second kappa shape index (κ2) is 5.63. The van der Waals surface area contributed by atoms with E-state index in [-0.39, 0.29) is 5.91 Å². The zero-order chi connectivity index (χ0) is 13.0. The van der Waals surface area contributed by atoms with Crippen molar-refractivity contribution in [3.8, 4) is 0 Å². The molecule has 2 rings (SSSR count). The average Bonchev–Trinajstić information content (AvgIpc) is 2.92. The first-order chi connectivity index (χ1) is 8.70. The molecule has 1 aromatic rings. The van der Waals surface area contributed by atoms with Crippen LogP contribution in [0.1, 0.15) is 12.8 Å². The van der Waals surface area contributed by atoms with Gasteiger partial charge in [0.1, 0.15) is 5.82 Å². The minimum atomic E-state index is 0.128. The van der Waals surface area contributed by atoms with Gasteiger partial charge < -0.3 is 15.2 Å². The molecule has 0 bridgehead atoms. The summed E-state index contributed by atoms with van der Waals surface area (Å²) in [6.45, 7) is 2.04. The molecule has 7 nitrogen and oxygen atoms in total. The van der Waals surface area contributed by atoms with Crippen LogP contribution in [-0.4, -0.2) is 47.5 Å². The van der Waals surface area contributed by atoms with E-state index in [0.29, 0.717) is 18.2 Å². The Morgan fingerprint density at radius 2 is 2.22 bits per heavy atom. The van der Waals surface area contributed by atoms with Crippen molar-refractivity contribution in [1.29, 1.82) is 0 Å². The molecule has 0 aromatic carbocycles. The molecule has 0 radical (unpaired) electrons. The lowest BCUT2D eigenvalue weighted by Gasteiger charge is -2.21. The van der Waals surface area contributed by atoms with E-state index >= 15 is 0 Å². The predicted molar refractivity (Wildman–Crippen MR) is 68.9 cm³/mol. The Morgan fingerprint density at radius 3 is 2.89 bits per heavy atom. The molecule has 18 heavy (non-hydrogen) atoms. The predicted octanol–water partition coefficient (Wildman–Crippen LogP) is -0.179. The Labute approximate surface area is 106 Å². The van der Waals surface area contributed by atoms with Crippen LogP contribution < -0.4 is 16.2 Å². The summed E-state index contributed by atoms with van der Waals surface area (Å²) in [5.74, 6) is 6.50. The maximum atomic E-state index is 12.0. The van der Waals surface area contributed by atoms with E-state index in [9.17, 15) is 4.79 Å². The number of nitrogens with one attached hydrogen (secondary N) is 1. The number of hydrazine groups is 1. The normalized spacial score (nSPS) is 14.7. The van der Waals surface area contributed by atoms with Crippen LogP contribution in [0.15, 0.2) is 12.4 Å². The highest BCUT2D eigenvalue weighted by Gasteiger charge is 2.19. The van der Waals surface area contributed by atoms with Crippen LogP contribution in [0, 0.1) is 0 Å². The molecular formula is C11H18N6O. The number of carbonyl (C=O) groups is 1. The summed E-state index contributed by atoms with van der Waals surface area (Å²) >= 11 is 0. The van der Waals surface area contributed by atoms with Crippen LogP contribution in [-0.2, 0) is 4.79 Å². The number of nitrogens with zero attached hydrogens (tertiary/aromatic N) is 4. The summed E-state index contributed by atoms with van der Waals surface area (Å²) in [6.07, 6.45) is 5.33. The highest BCUT2D eigenvalue weighted by atomic mass is 16.2.